The SMILES string of the molecule is O=C(O)/C=C/c1ccc(C(F)(F)F)cc1-c1cccnc1. The highest BCUT2D eigenvalue weighted by molar-refractivity contribution is 5.87. The van der Waals surface area contributed by atoms with Crippen molar-refractivity contribution in [2.75, 3.05) is 0 Å². The van der Waals surface area contributed by atoms with E-state index in [1.54, 1.807) is 12.1 Å². The van der Waals surface area contributed by atoms with Gasteiger partial charge in [0.25, 0.3) is 0 Å². The Morgan fingerprint density at radius 2 is 2.00 bits per heavy atom. The number of alkyl halides is 3. The zero-order valence-electron chi connectivity index (χ0n) is 10.6. The maximum absolute atomic E-state index is 12.8. The van der Waals surface area contributed by atoms with Crippen molar-refractivity contribution in [3.05, 3.63) is 59.9 Å². The number of halogens is 3. The van der Waals surface area contributed by atoms with Gasteiger partial charge in [-0.2, -0.15) is 13.2 Å². The number of hydrogen-bond donors (Lipinski definition) is 1. The highest BCUT2D eigenvalue weighted by Crippen LogP contribution is 2.34. The van der Waals surface area contributed by atoms with Gasteiger partial charge in [-0.3, -0.25) is 4.98 Å². The lowest BCUT2D eigenvalue weighted by Crippen LogP contribution is -2.05. The lowest BCUT2D eigenvalue weighted by Gasteiger charge is -2.11. The van der Waals surface area contributed by atoms with E-state index in [9.17, 15) is 18.0 Å². The van der Waals surface area contributed by atoms with Gasteiger partial charge < -0.3 is 5.11 Å². The van der Waals surface area contributed by atoms with Crippen LogP contribution in [0.25, 0.3) is 17.2 Å². The Labute approximate surface area is 118 Å². The van der Waals surface area contributed by atoms with Crippen LogP contribution in [0, 0.1) is 0 Å². The van der Waals surface area contributed by atoms with E-state index in [4.69, 9.17) is 5.11 Å². The molecule has 21 heavy (non-hydrogen) atoms. The molecular weight excluding hydrogens is 283 g/mol. The summed E-state index contributed by atoms with van der Waals surface area (Å²) >= 11 is 0. The third kappa shape index (κ3) is 3.68. The van der Waals surface area contributed by atoms with Crippen LogP contribution in [0.5, 0.6) is 0 Å². The summed E-state index contributed by atoms with van der Waals surface area (Å²) in [5, 5.41) is 8.64. The highest BCUT2D eigenvalue weighted by Gasteiger charge is 2.31. The smallest absolute Gasteiger partial charge is 0.416 e. The van der Waals surface area contributed by atoms with Gasteiger partial charge in [0.05, 0.1) is 5.56 Å². The zero-order chi connectivity index (χ0) is 15.5. The van der Waals surface area contributed by atoms with Crippen LogP contribution in [0.2, 0.25) is 0 Å². The lowest BCUT2D eigenvalue weighted by molar-refractivity contribution is -0.137. The first-order valence-electron chi connectivity index (χ1n) is 5.90. The summed E-state index contributed by atoms with van der Waals surface area (Å²) in [6.07, 6.45) is 0.594. The molecule has 0 aliphatic rings. The second kappa shape index (κ2) is 5.78. The molecule has 1 aromatic carbocycles. The summed E-state index contributed by atoms with van der Waals surface area (Å²) in [6.45, 7) is 0. The van der Waals surface area contributed by atoms with Crippen molar-refractivity contribution in [1.29, 1.82) is 0 Å². The van der Waals surface area contributed by atoms with Crippen LogP contribution in [0.15, 0.2) is 48.8 Å². The van der Waals surface area contributed by atoms with Gasteiger partial charge in [0, 0.05) is 24.0 Å². The maximum atomic E-state index is 12.8. The fourth-order valence-electron chi connectivity index (χ4n) is 1.81. The molecule has 0 amide bonds. The summed E-state index contributed by atoms with van der Waals surface area (Å²) < 4.78 is 38.4. The van der Waals surface area contributed by atoms with E-state index in [1.165, 1.54) is 24.5 Å². The van der Waals surface area contributed by atoms with E-state index >= 15 is 0 Å². The summed E-state index contributed by atoms with van der Waals surface area (Å²) in [7, 11) is 0. The molecule has 0 radical (unpaired) electrons. The minimum Gasteiger partial charge on any atom is -0.478 e. The zero-order valence-corrected chi connectivity index (χ0v) is 10.6. The van der Waals surface area contributed by atoms with Gasteiger partial charge in [-0.1, -0.05) is 12.1 Å². The van der Waals surface area contributed by atoms with Gasteiger partial charge in [0.2, 0.25) is 0 Å². The Hall–Kier alpha value is -2.63. The molecule has 0 atom stereocenters. The van der Waals surface area contributed by atoms with Crippen LogP contribution in [-0.4, -0.2) is 16.1 Å². The predicted octanol–water partition coefficient (Wildman–Crippen LogP) is 3.87. The maximum Gasteiger partial charge on any atom is 0.416 e. The van der Waals surface area contributed by atoms with Crippen LogP contribution >= 0.6 is 0 Å². The van der Waals surface area contributed by atoms with Gasteiger partial charge in [0.1, 0.15) is 0 Å². The molecule has 0 aliphatic carbocycles. The van der Waals surface area contributed by atoms with Crippen molar-refractivity contribution < 1.29 is 23.1 Å². The number of carboxylic acid groups (broad SMARTS) is 1. The first-order valence-corrected chi connectivity index (χ1v) is 5.90. The van der Waals surface area contributed by atoms with Gasteiger partial charge >= 0.3 is 12.1 Å². The van der Waals surface area contributed by atoms with E-state index in [1.807, 2.05) is 0 Å². The Balaban J connectivity index is 2.58. The third-order valence-electron chi connectivity index (χ3n) is 2.76. The van der Waals surface area contributed by atoms with Crippen molar-refractivity contribution >= 4 is 12.0 Å². The average Bonchev–Trinajstić information content (AvgIpc) is 2.45. The van der Waals surface area contributed by atoms with E-state index in [-0.39, 0.29) is 5.56 Å². The average molecular weight is 293 g/mol. The van der Waals surface area contributed by atoms with Crippen molar-refractivity contribution in [2.24, 2.45) is 0 Å². The number of rotatable bonds is 3. The van der Waals surface area contributed by atoms with Crippen LogP contribution < -0.4 is 0 Å². The van der Waals surface area contributed by atoms with Gasteiger partial charge in [-0.25, -0.2) is 4.79 Å². The second-order valence-corrected chi connectivity index (χ2v) is 4.21. The first kappa shape index (κ1) is 14.8. The summed E-state index contributed by atoms with van der Waals surface area (Å²) in [6, 6.07) is 6.35. The number of carbonyl (C=O) groups is 1. The Morgan fingerprint density at radius 3 is 2.57 bits per heavy atom. The minimum atomic E-state index is -4.47. The largest absolute Gasteiger partial charge is 0.478 e. The molecule has 0 unspecified atom stereocenters. The molecule has 1 heterocycles. The molecule has 0 bridgehead atoms. The van der Waals surface area contributed by atoms with Crippen molar-refractivity contribution in [2.45, 2.75) is 6.18 Å². The topological polar surface area (TPSA) is 50.2 Å². The van der Waals surface area contributed by atoms with E-state index in [2.05, 4.69) is 4.98 Å². The number of hydrogen-bond acceptors (Lipinski definition) is 2. The Kier molecular flexibility index (Phi) is 4.07. The number of aliphatic carboxylic acids is 1. The van der Waals surface area contributed by atoms with Crippen LogP contribution in [0.1, 0.15) is 11.1 Å². The molecule has 0 saturated heterocycles. The van der Waals surface area contributed by atoms with Gasteiger partial charge in [0.15, 0.2) is 0 Å². The highest BCUT2D eigenvalue weighted by atomic mass is 19.4. The molecule has 0 saturated carbocycles. The lowest BCUT2D eigenvalue weighted by atomic mass is 9.98. The van der Waals surface area contributed by atoms with E-state index in [0.717, 1.165) is 18.2 Å². The summed E-state index contributed by atoms with van der Waals surface area (Å²) in [5.74, 6) is -1.17. The number of benzene rings is 1. The summed E-state index contributed by atoms with van der Waals surface area (Å²) in [5.41, 5.74) is 0.330. The van der Waals surface area contributed by atoms with Crippen molar-refractivity contribution in [3.63, 3.8) is 0 Å². The number of pyridine rings is 1. The van der Waals surface area contributed by atoms with Crippen LogP contribution in [0.3, 0.4) is 0 Å². The Morgan fingerprint density at radius 1 is 1.24 bits per heavy atom. The molecule has 2 rings (SSSR count). The van der Waals surface area contributed by atoms with E-state index < -0.39 is 17.7 Å². The molecule has 0 aliphatic heterocycles. The molecule has 2 aromatic rings. The molecule has 6 heteroatoms. The van der Waals surface area contributed by atoms with Crippen molar-refractivity contribution in [1.82, 2.24) is 4.98 Å². The number of nitrogens with zero attached hydrogens (tertiary/aromatic N) is 1. The van der Waals surface area contributed by atoms with E-state index in [0.29, 0.717) is 11.1 Å². The molecule has 108 valence electrons. The molecule has 3 nitrogen and oxygen atoms in total. The monoisotopic (exact) mass is 293 g/mol. The molecule has 1 aromatic heterocycles. The minimum absolute atomic E-state index is 0.274. The molecular formula is C15H10F3NO2. The van der Waals surface area contributed by atoms with Gasteiger partial charge in [-0.15, -0.1) is 0 Å². The normalized spacial score (nSPS) is 11.8. The quantitative estimate of drug-likeness (QED) is 0.874. The third-order valence-corrected chi connectivity index (χ3v) is 2.76. The fraction of sp³-hybridized carbons (Fsp3) is 0.0667. The molecule has 0 fully saturated rings. The van der Waals surface area contributed by atoms with Crippen LogP contribution in [0.4, 0.5) is 13.2 Å². The summed E-state index contributed by atoms with van der Waals surface area (Å²) in [4.78, 5) is 14.4. The predicted molar refractivity (Wildman–Crippen MR) is 71.3 cm³/mol. The standard InChI is InChI=1S/C15H10F3NO2/c16-15(17,18)12-5-3-10(4-6-14(20)21)13(8-12)11-2-1-7-19-9-11/h1-9H,(H,20,21)/b6-4+. The fourth-order valence-corrected chi connectivity index (χ4v) is 1.81. The number of carboxylic acids is 1. The second-order valence-electron chi connectivity index (χ2n) is 4.21. The Bertz CT molecular complexity index is 679. The van der Waals surface area contributed by atoms with Crippen LogP contribution in [-0.2, 0) is 11.0 Å². The molecule has 0 spiro atoms. The van der Waals surface area contributed by atoms with Crippen molar-refractivity contribution in [3.8, 4) is 11.1 Å². The number of aromatic nitrogens is 1. The first-order chi connectivity index (χ1) is 9.88. The van der Waals surface area contributed by atoms with Gasteiger partial charge in [-0.05, 0) is 35.4 Å². The molecule has 1 N–H and O–H groups in total.